The van der Waals surface area contributed by atoms with Gasteiger partial charge in [0.15, 0.2) is 4.34 Å². The normalized spacial score (nSPS) is 14.7. The van der Waals surface area contributed by atoms with E-state index in [0.717, 1.165) is 30.9 Å². The van der Waals surface area contributed by atoms with E-state index >= 15 is 0 Å². The predicted octanol–water partition coefficient (Wildman–Crippen LogP) is 2.07. The SMILES string of the molecule is CCSc1nc2ccc(NC3=CC(=O)N(CCO)C3=O)cc2s1. The molecule has 1 aliphatic rings. The molecule has 3 rings (SSSR count). The second kappa shape index (κ2) is 6.69. The van der Waals surface area contributed by atoms with Crippen molar-refractivity contribution in [2.45, 2.75) is 11.3 Å². The highest BCUT2D eigenvalue weighted by molar-refractivity contribution is 8.01. The van der Waals surface area contributed by atoms with Crippen molar-refractivity contribution >= 4 is 50.8 Å². The van der Waals surface area contributed by atoms with Gasteiger partial charge in [0.05, 0.1) is 23.4 Å². The third-order valence-electron chi connectivity index (χ3n) is 3.25. The minimum atomic E-state index is -0.421. The molecular weight excluding hydrogens is 334 g/mol. The Morgan fingerprint density at radius 1 is 1.39 bits per heavy atom. The lowest BCUT2D eigenvalue weighted by Crippen LogP contribution is -2.34. The van der Waals surface area contributed by atoms with Gasteiger partial charge in [-0.1, -0.05) is 18.7 Å². The number of fused-ring (bicyclic) bond motifs is 1. The van der Waals surface area contributed by atoms with E-state index in [1.54, 1.807) is 23.1 Å². The quantitative estimate of drug-likeness (QED) is 0.614. The molecule has 8 heteroatoms. The Hall–Kier alpha value is -1.90. The summed E-state index contributed by atoms with van der Waals surface area (Å²) >= 11 is 3.29. The molecule has 0 saturated heterocycles. The van der Waals surface area contributed by atoms with E-state index in [1.807, 2.05) is 18.2 Å². The van der Waals surface area contributed by atoms with Crippen LogP contribution in [0, 0.1) is 0 Å². The number of nitrogens with one attached hydrogen (secondary N) is 1. The first-order valence-corrected chi connectivity index (χ1v) is 8.91. The molecule has 1 aliphatic heterocycles. The van der Waals surface area contributed by atoms with Crippen LogP contribution < -0.4 is 5.32 Å². The summed E-state index contributed by atoms with van der Waals surface area (Å²) in [5.74, 6) is 0.137. The van der Waals surface area contributed by atoms with Crippen LogP contribution in [0.2, 0.25) is 0 Å². The maximum absolute atomic E-state index is 12.1. The van der Waals surface area contributed by atoms with E-state index in [0.29, 0.717) is 0 Å². The third-order valence-corrected chi connectivity index (χ3v) is 5.29. The zero-order valence-electron chi connectivity index (χ0n) is 12.4. The molecule has 0 atom stereocenters. The van der Waals surface area contributed by atoms with Crippen molar-refractivity contribution in [3.8, 4) is 0 Å². The van der Waals surface area contributed by atoms with Crippen molar-refractivity contribution < 1.29 is 14.7 Å². The van der Waals surface area contributed by atoms with Crippen LogP contribution in [0.1, 0.15) is 6.92 Å². The molecule has 2 amide bonds. The van der Waals surface area contributed by atoms with Crippen molar-refractivity contribution in [2.75, 3.05) is 24.2 Å². The van der Waals surface area contributed by atoms with Crippen LogP contribution >= 0.6 is 23.1 Å². The van der Waals surface area contributed by atoms with Gasteiger partial charge in [0.2, 0.25) is 0 Å². The number of aliphatic hydroxyl groups excluding tert-OH is 1. The number of nitrogens with zero attached hydrogens (tertiary/aromatic N) is 2. The molecule has 1 aromatic heterocycles. The number of amides is 2. The minimum Gasteiger partial charge on any atom is -0.395 e. The largest absolute Gasteiger partial charge is 0.395 e. The van der Waals surface area contributed by atoms with Crippen molar-refractivity contribution in [1.82, 2.24) is 9.88 Å². The third kappa shape index (κ3) is 3.24. The van der Waals surface area contributed by atoms with E-state index in [1.165, 1.54) is 6.08 Å². The lowest BCUT2D eigenvalue weighted by atomic mass is 10.3. The number of thioether (sulfide) groups is 1. The first-order chi connectivity index (χ1) is 11.1. The monoisotopic (exact) mass is 349 g/mol. The van der Waals surface area contributed by atoms with Gasteiger partial charge in [-0.3, -0.25) is 14.5 Å². The molecule has 0 aliphatic carbocycles. The Morgan fingerprint density at radius 3 is 2.96 bits per heavy atom. The van der Waals surface area contributed by atoms with Gasteiger partial charge in [0.25, 0.3) is 11.8 Å². The molecule has 2 N–H and O–H groups in total. The summed E-state index contributed by atoms with van der Waals surface area (Å²) in [5, 5.41) is 11.9. The predicted molar refractivity (Wildman–Crippen MR) is 91.5 cm³/mol. The van der Waals surface area contributed by atoms with Crippen LogP contribution in [0.4, 0.5) is 5.69 Å². The number of hydrogen-bond acceptors (Lipinski definition) is 7. The van der Waals surface area contributed by atoms with Crippen LogP contribution in [-0.4, -0.2) is 45.7 Å². The first-order valence-electron chi connectivity index (χ1n) is 7.11. The van der Waals surface area contributed by atoms with Crippen LogP contribution in [0.5, 0.6) is 0 Å². The van der Waals surface area contributed by atoms with Gasteiger partial charge in [0.1, 0.15) is 5.70 Å². The fourth-order valence-electron chi connectivity index (χ4n) is 2.23. The number of aromatic nitrogens is 1. The number of carbonyl (C=O) groups is 2. The van der Waals surface area contributed by atoms with Crippen LogP contribution in [0.15, 0.2) is 34.3 Å². The molecule has 1 aromatic carbocycles. The highest BCUT2D eigenvalue weighted by Gasteiger charge is 2.30. The Labute approximate surface area is 141 Å². The number of benzene rings is 1. The molecule has 2 heterocycles. The number of hydrogen-bond donors (Lipinski definition) is 2. The Kier molecular flexibility index (Phi) is 4.65. The Balaban J connectivity index is 1.80. The second-order valence-corrected chi connectivity index (χ2v) is 7.34. The van der Waals surface area contributed by atoms with E-state index in [2.05, 4.69) is 17.2 Å². The van der Waals surface area contributed by atoms with E-state index in [-0.39, 0.29) is 18.8 Å². The highest BCUT2D eigenvalue weighted by Crippen LogP contribution is 2.31. The first kappa shape index (κ1) is 16.0. The van der Waals surface area contributed by atoms with Gasteiger partial charge < -0.3 is 10.4 Å². The smallest absolute Gasteiger partial charge is 0.277 e. The number of carbonyl (C=O) groups excluding carboxylic acids is 2. The highest BCUT2D eigenvalue weighted by atomic mass is 32.2. The molecule has 0 radical (unpaired) electrons. The fraction of sp³-hybridized carbons (Fsp3) is 0.267. The molecule has 23 heavy (non-hydrogen) atoms. The molecule has 0 unspecified atom stereocenters. The molecule has 120 valence electrons. The van der Waals surface area contributed by atoms with Crippen molar-refractivity contribution in [3.63, 3.8) is 0 Å². The van der Waals surface area contributed by atoms with Crippen LogP contribution in [0.3, 0.4) is 0 Å². The summed E-state index contributed by atoms with van der Waals surface area (Å²) in [6, 6.07) is 5.64. The summed E-state index contributed by atoms with van der Waals surface area (Å²) < 4.78 is 2.04. The van der Waals surface area contributed by atoms with E-state index in [9.17, 15) is 9.59 Å². The number of thiazole rings is 1. The lowest BCUT2D eigenvalue weighted by Gasteiger charge is -2.13. The van der Waals surface area contributed by atoms with Crippen molar-refractivity contribution in [2.24, 2.45) is 0 Å². The average Bonchev–Trinajstić information content (AvgIpc) is 3.03. The van der Waals surface area contributed by atoms with E-state index < -0.39 is 11.8 Å². The zero-order valence-corrected chi connectivity index (χ0v) is 14.0. The molecule has 0 bridgehead atoms. The molecule has 6 nitrogen and oxygen atoms in total. The summed E-state index contributed by atoms with van der Waals surface area (Å²) in [5.41, 5.74) is 1.86. The number of aliphatic hydroxyl groups is 1. The molecule has 0 fully saturated rings. The summed E-state index contributed by atoms with van der Waals surface area (Å²) in [6.45, 7) is 1.84. The molecule has 2 aromatic rings. The number of rotatable bonds is 6. The second-order valence-electron chi connectivity index (χ2n) is 4.80. The van der Waals surface area contributed by atoms with Gasteiger partial charge in [-0.15, -0.1) is 11.3 Å². The van der Waals surface area contributed by atoms with Crippen LogP contribution in [-0.2, 0) is 9.59 Å². The maximum atomic E-state index is 12.1. The summed E-state index contributed by atoms with van der Waals surface area (Å²) in [7, 11) is 0. The maximum Gasteiger partial charge on any atom is 0.277 e. The molecule has 0 spiro atoms. The average molecular weight is 349 g/mol. The van der Waals surface area contributed by atoms with Gasteiger partial charge in [0, 0.05) is 11.8 Å². The Morgan fingerprint density at radius 2 is 2.22 bits per heavy atom. The number of β-amino-alcohol motifs (C(OH)–C–C–N with tert-alkyl or cyclic N) is 1. The summed E-state index contributed by atoms with van der Waals surface area (Å²) in [6.07, 6.45) is 1.26. The van der Waals surface area contributed by atoms with Crippen molar-refractivity contribution in [3.05, 3.63) is 30.0 Å². The van der Waals surface area contributed by atoms with Gasteiger partial charge >= 0.3 is 0 Å². The summed E-state index contributed by atoms with van der Waals surface area (Å²) in [4.78, 5) is 29.4. The number of anilines is 1. The standard InChI is InChI=1S/C15H15N3O3S2/c1-2-22-15-17-10-4-3-9(7-12(10)23-15)16-11-8-13(20)18(5-6-19)14(11)21/h3-4,7-8,16,19H,2,5-6H2,1H3. The van der Waals surface area contributed by atoms with Crippen LogP contribution in [0.25, 0.3) is 10.2 Å². The van der Waals surface area contributed by atoms with Crippen molar-refractivity contribution in [1.29, 1.82) is 0 Å². The van der Waals surface area contributed by atoms with Gasteiger partial charge in [-0.05, 0) is 24.0 Å². The topological polar surface area (TPSA) is 82.5 Å². The van der Waals surface area contributed by atoms with E-state index in [4.69, 9.17) is 5.11 Å². The molecule has 0 saturated carbocycles. The fourth-order valence-corrected chi connectivity index (χ4v) is 4.24. The zero-order chi connectivity index (χ0) is 16.4. The van der Waals surface area contributed by atoms with Gasteiger partial charge in [-0.2, -0.15) is 0 Å². The lowest BCUT2D eigenvalue weighted by molar-refractivity contribution is -0.137. The van der Waals surface area contributed by atoms with Gasteiger partial charge in [-0.25, -0.2) is 4.98 Å². The number of imide groups is 1. The Bertz CT molecular complexity index is 800. The molecular formula is C15H15N3O3S2. The minimum absolute atomic E-state index is 0.00479.